The molecule has 0 aliphatic carbocycles. The number of nitrogens with one attached hydrogen (secondary N) is 1. The number of ether oxygens (including phenoxy) is 1. The van der Waals surface area contributed by atoms with Crippen LogP contribution in [0, 0.1) is 5.92 Å². The molecule has 4 aliphatic heterocycles. The first kappa shape index (κ1) is 34.7. The van der Waals surface area contributed by atoms with Crippen LogP contribution in [0.3, 0.4) is 0 Å². The van der Waals surface area contributed by atoms with Gasteiger partial charge in [-0.25, -0.2) is 0 Å². The molecule has 2 amide bonds. The molecule has 52 heavy (non-hydrogen) atoms. The predicted molar refractivity (Wildman–Crippen MR) is 201 cm³/mol. The molecule has 12 nitrogen and oxygen atoms in total. The van der Waals surface area contributed by atoms with Gasteiger partial charge in [-0.15, -0.1) is 5.10 Å². The number of piperidine rings is 1. The van der Waals surface area contributed by atoms with Crippen molar-refractivity contribution in [1.29, 1.82) is 0 Å². The van der Waals surface area contributed by atoms with Gasteiger partial charge in [-0.3, -0.25) is 24.1 Å². The molecule has 272 valence electrons. The van der Waals surface area contributed by atoms with E-state index in [0.717, 1.165) is 35.8 Å². The van der Waals surface area contributed by atoms with Crippen molar-refractivity contribution in [3.05, 3.63) is 96.3 Å². The van der Waals surface area contributed by atoms with Crippen LogP contribution in [0.4, 0.5) is 22.7 Å². The van der Waals surface area contributed by atoms with Crippen LogP contribution >= 0.6 is 0 Å². The average molecular weight is 722 g/mol. The average Bonchev–Trinajstić information content (AvgIpc) is 3.86. The summed E-state index contributed by atoms with van der Waals surface area (Å²) in [5, 5.41) is 21.2. The van der Waals surface area contributed by atoms with Crippen LogP contribution in [-0.4, -0.2) is 83.0 Å². The molecule has 3 N–H and O–H groups in total. The number of hydrogen-bond donors (Lipinski definition) is 3. The predicted octanol–water partition coefficient (Wildman–Crippen LogP) is 4.31. The van der Waals surface area contributed by atoms with Crippen LogP contribution in [0.15, 0.2) is 85.1 Å². The van der Waals surface area contributed by atoms with E-state index in [9.17, 15) is 14.7 Å². The minimum atomic E-state index is -2.92. The minimum absolute atomic E-state index is 0.0102. The number of aromatic nitrogens is 3. The standard InChI is InChI=1S/C39H47N7O5Si/c1-27-35(52(2,3)50)34(16-22-43-25-28(17-23-47)41-42-43)51-39(27)32-24-31(14-15-33(32)46(37(39)49)30-12-8-5-9-13-30)44-26-45(29-10-6-4-7-11-29)38(36(44)48)18-20-40-21-19-38/h4-15,24-25,27,34-35,40,47,50H,16-23,26H2,1-3H3/t27-,34+,35-,39+/m0/s1. The van der Waals surface area contributed by atoms with Crippen molar-refractivity contribution in [2.75, 3.05) is 41.1 Å². The Labute approximate surface area is 305 Å². The Morgan fingerprint density at radius 2 is 1.63 bits per heavy atom. The van der Waals surface area contributed by atoms with E-state index in [0.29, 0.717) is 50.2 Å². The van der Waals surface area contributed by atoms with E-state index in [-0.39, 0.29) is 29.9 Å². The molecule has 4 aliphatic rings. The lowest BCUT2D eigenvalue weighted by atomic mass is 9.82. The minimum Gasteiger partial charge on any atom is -0.432 e. The number of para-hydroxylation sites is 2. The van der Waals surface area contributed by atoms with Gasteiger partial charge < -0.3 is 24.9 Å². The topological polar surface area (TPSA) is 136 Å². The van der Waals surface area contributed by atoms with E-state index in [1.807, 2.05) is 97.8 Å². The zero-order valence-electron chi connectivity index (χ0n) is 30.0. The first-order valence-corrected chi connectivity index (χ1v) is 21.4. The number of nitrogens with zero attached hydrogens (tertiary/aromatic N) is 6. The van der Waals surface area contributed by atoms with Crippen molar-refractivity contribution >= 4 is 42.9 Å². The third-order valence-electron chi connectivity index (χ3n) is 11.7. The highest BCUT2D eigenvalue weighted by Crippen LogP contribution is 2.61. The van der Waals surface area contributed by atoms with Gasteiger partial charge in [0.1, 0.15) is 5.54 Å². The van der Waals surface area contributed by atoms with E-state index in [2.05, 4.69) is 32.7 Å². The number of aryl methyl sites for hydroxylation is 1. The number of fused-ring (bicyclic) bond motifs is 2. The maximum Gasteiger partial charge on any atom is 0.268 e. The summed E-state index contributed by atoms with van der Waals surface area (Å²) in [6.07, 6.45) is 3.70. The van der Waals surface area contributed by atoms with Gasteiger partial charge in [0.15, 0.2) is 13.9 Å². The monoisotopic (exact) mass is 721 g/mol. The Morgan fingerprint density at radius 1 is 0.942 bits per heavy atom. The summed E-state index contributed by atoms with van der Waals surface area (Å²) in [5.41, 5.74) is 2.26. The number of hydrogen-bond acceptors (Lipinski definition) is 9. The largest absolute Gasteiger partial charge is 0.432 e. The summed E-state index contributed by atoms with van der Waals surface area (Å²) in [5.74, 6) is -0.501. The van der Waals surface area contributed by atoms with Crippen molar-refractivity contribution in [3.63, 3.8) is 0 Å². The molecule has 5 heterocycles. The first-order chi connectivity index (χ1) is 25.1. The number of benzene rings is 3. The van der Waals surface area contributed by atoms with E-state index >= 15 is 4.79 Å². The first-order valence-electron chi connectivity index (χ1n) is 18.4. The molecule has 1 aromatic heterocycles. The van der Waals surface area contributed by atoms with Crippen molar-refractivity contribution in [2.24, 2.45) is 5.92 Å². The normalized spacial score (nSPS) is 25.6. The Morgan fingerprint density at radius 3 is 2.31 bits per heavy atom. The highest BCUT2D eigenvalue weighted by atomic mass is 28.4. The molecule has 0 radical (unpaired) electrons. The molecule has 0 saturated carbocycles. The van der Waals surface area contributed by atoms with Crippen LogP contribution in [-0.2, 0) is 32.9 Å². The third kappa shape index (κ3) is 5.48. The third-order valence-corrected chi connectivity index (χ3v) is 14.2. The van der Waals surface area contributed by atoms with Gasteiger partial charge in [-0.1, -0.05) is 48.5 Å². The lowest BCUT2D eigenvalue weighted by Gasteiger charge is -2.39. The maximum atomic E-state index is 15.1. The van der Waals surface area contributed by atoms with Crippen LogP contribution in [0.5, 0.6) is 0 Å². The summed E-state index contributed by atoms with van der Waals surface area (Å²) in [6.45, 7) is 8.24. The zero-order valence-corrected chi connectivity index (χ0v) is 31.0. The number of anilines is 4. The van der Waals surface area contributed by atoms with Crippen LogP contribution in [0.25, 0.3) is 0 Å². The SMILES string of the molecule is C[C@H]1[C@H]([Si](C)(C)O)[C@@H](CCn2cc(CCO)nn2)O[C@]12C(=O)N(c1ccccc1)c1ccc(N3CN(c4ccccc4)C4(CCNCC4)C3=O)cc12. The quantitative estimate of drug-likeness (QED) is 0.216. The lowest BCUT2D eigenvalue weighted by Crippen LogP contribution is -2.55. The number of aliphatic hydroxyl groups is 1. The molecule has 8 rings (SSSR count). The van der Waals surface area contributed by atoms with E-state index in [1.54, 1.807) is 9.58 Å². The second kappa shape index (κ2) is 13.2. The Balaban J connectivity index is 1.21. The molecular weight excluding hydrogens is 675 g/mol. The highest BCUT2D eigenvalue weighted by Gasteiger charge is 2.66. The Kier molecular flexibility index (Phi) is 8.82. The molecule has 3 saturated heterocycles. The molecule has 0 unspecified atom stereocenters. The van der Waals surface area contributed by atoms with E-state index in [4.69, 9.17) is 4.74 Å². The highest BCUT2D eigenvalue weighted by molar-refractivity contribution is 6.71. The smallest absolute Gasteiger partial charge is 0.268 e. The Bertz CT molecular complexity index is 1950. The molecule has 3 fully saturated rings. The molecule has 0 bridgehead atoms. The van der Waals surface area contributed by atoms with Gasteiger partial charge in [0.05, 0.1) is 24.2 Å². The summed E-state index contributed by atoms with van der Waals surface area (Å²) in [4.78, 5) is 47.5. The van der Waals surface area contributed by atoms with Gasteiger partial charge in [-0.05, 0) is 87.9 Å². The maximum absolute atomic E-state index is 15.1. The fraction of sp³-hybridized carbons (Fsp3) is 0.436. The molecule has 3 aromatic carbocycles. The number of carbonyl (C=O) groups excluding carboxylic acids is 2. The van der Waals surface area contributed by atoms with Crippen LogP contribution in [0.1, 0.15) is 37.4 Å². The second-order valence-electron chi connectivity index (χ2n) is 15.2. The number of aliphatic hydroxyl groups excluding tert-OH is 1. The zero-order chi connectivity index (χ0) is 36.3. The summed E-state index contributed by atoms with van der Waals surface area (Å²) in [7, 11) is -2.92. The van der Waals surface area contributed by atoms with Crippen molar-refractivity contribution in [1.82, 2.24) is 20.3 Å². The summed E-state index contributed by atoms with van der Waals surface area (Å²) < 4.78 is 8.87. The van der Waals surface area contributed by atoms with Gasteiger partial charge in [0.25, 0.3) is 11.8 Å². The van der Waals surface area contributed by atoms with Crippen molar-refractivity contribution in [3.8, 4) is 0 Å². The molecule has 13 heteroatoms. The summed E-state index contributed by atoms with van der Waals surface area (Å²) in [6, 6.07) is 25.6. The van der Waals surface area contributed by atoms with Crippen LogP contribution in [0.2, 0.25) is 18.6 Å². The fourth-order valence-corrected chi connectivity index (χ4v) is 12.0. The van der Waals surface area contributed by atoms with E-state index in [1.165, 1.54) is 0 Å². The van der Waals surface area contributed by atoms with Crippen molar-refractivity contribution in [2.45, 2.75) is 75.0 Å². The molecule has 2 spiro atoms. The van der Waals surface area contributed by atoms with Crippen molar-refractivity contribution < 1.29 is 24.2 Å². The van der Waals surface area contributed by atoms with Gasteiger partial charge in [-0.2, -0.15) is 0 Å². The number of amides is 2. The lowest BCUT2D eigenvalue weighted by molar-refractivity contribution is -0.145. The number of carbonyl (C=O) groups is 2. The Hall–Kier alpha value is -4.40. The summed E-state index contributed by atoms with van der Waals surface area (Å²) >= 11 is 0. The molecular formula is C39H47N7O5Si. The van der Waals surface area contributed by atoms with Crippen LogP contribution < -0.4 is 20.0 Å². The van der Waals surface area contributed by atoms with Gasteiger partial charge in [0, 0.05) is 59.9 Å². The molecule has 4 atom stereocenters. The molecule has 4 aromatic rings. The second-order valence-corrected chi connectivity index (χ2v) is 19.2. The van der Waals surface area contributed by atoms with E-state index < -0.39 is 25.6 Å². The van der Waals surface area contributed by atoms with Gasteiger partial charge in [0.2, 0.25) is 0 Å². The fourth-order valence-electron chi connectivity index (χ4n) is 9.37. The van der Waals surface area contributed by atoms with Gasteiger partial charge >= 0.3 is 0 Å². The number of rotatable bonds is 9.